The quantitative estimate of drug-likeness (QED) is 0.742. The molecule has 0 N–H and O–H groups in total. The van der Waals surface area contributed by atoms with Crippen molar-refractivity contribution in [3.05, 3.63) is 23.9 Å². The number of rotatable bonds is 6. The minimum atomic E-state index is -0.617. The SMILES string of the molecule is CC(C)Oc1ncccc1COC(=O)CN(C)C(=O)OC(C)(C)C. The zero-order valence-corrected chi connectivity index (χ0v) is 15.2. The van der Waals surface area contributed by atoms with Crippen LogP contribution >= 0.6 is 0 Å². The Balaban J connectivity index is 2.54. The van der Waals surface area contributed by atoms with Crippen LogP contribution in [0.4, 0.5) is 4.79 Å². The van der Waals surface area contributed by atoms with Gasteiger partial charge in [-0.2, -0.15) is 0 Å². The average molecular weight is 338 g/mol. The highest BCUT2D eigenvalue weighted by Crippen LogP contribution is 2.17. The minimum Gasteiger partial charge on any atom is -0.475 e. The van der Waals surface area contributed by atoms with Gasteiger partial charge in [-0.3, -0.25) is 4.79 Å². The van der Waals surface area contributed by atoms with Gasteiger partial charge in [0.25, 0.3) is 0 Å². The van der Waals surface area contributed by atoms with Crippen LogP contribution in [0.15, 0.2) is 18.3 Å². The van der Waals surface area contributed by atoms with Crippen molar-refractivity contribution in [2.45, 2.75) is 52.9 Å². The smallest absolute Gasteiger partial charge is 0.410 e. The van der Waals surface area contributed by atoms with Crippen LogP contribution in [-0.4, -0.2) is 47.2 Å². The van der Waals surface area contributed by atoms with Gasteiger partial charge in [-0.25, -0.2) is 9.78 Å². The molecule has 0 radical (unpaired) electrons. The molecule has 0 aliphatic heterocycles. The maximum Gasteiger partial charge on any atom is 0.410 e. The maximum absolute atomic E-state index is 11.9. The molecule has 1 rings (SSSR count). The third kappa shape index (κ3) is 7.30. The van der Waals surface area contributed by atoms with E-state index >= 15 is 0 Å². The van der Waals surface area contributed by atoms with E-state index in [0.717, 1.165) is 0 Å². The van der Waals surface area contributed by atoms with E-state index in [4.69, 9.17) is 14.2 Å². The summed E-state index contributed by atoms with van der Waals surface area (Å²) in [4.78, 5) is 29.0. The third-order valence-electron chi connectivity index (χ3n) is 2.66. The monoisotopic (exact) mass is 338 g/mol. The summed E-state index contributed by atoms with van der Waals surface area (Å²) in [6.07, 6.45) is 0.997. The number of hydrogen-bond acceptors (Lipinski definition) is 6. The molecule has 0 saturated heterocycles. The second kappa shape index (κ2) is 8.52. The largest absolute Gasteiger partial charge is 0.475 e. The standard InChI is InChI=1S/C17H26N2O5/c1-12(2)23-15-13(8-7-9-18-15)11-22-14(20)10-19(6)16(21)24-17(3,4)5/h7-9,12H,10-11H2,1-6H3. The van der Waals surface area contributed by atoms with Crippen molar-refractivity contribution >= 4 is 12.1 Å². The lowest BCUT2D eigenvalue weighted by molar-refractivity contribution is -0.145. The summed E-state index contributed by atoms with van der Waals surface area (Å²) in [6.45, 7) is 8.88. The molecule has 0 spiro atoms. The molecule has 0 aliphatic carbocycles. The number of nitrogens with zero attached hydrogens (tertiary/aromatic N) is 2. The lowest BCUT2D eigenvalue weighted by Gasteiger charge is -2.24. The van der Waals surface area contributed by atoms with E-state index in [0.29, 0.717) is 11.4 Å². The summed E-state index contributed by atoms with van der Waals surface area (Å²) in [6, 6.07) is 3.51. The van der Waals surface area contributed by atoms with Crippen LogP contribution in [0, 0.1) is 0 Å². The van der Waals surface area contributed by atoms with E-state index in [9.17, 15) is 9.59 Å². The predicted molar refractivity (Wildman–Crippen MR) is 88.7 cm³/mol. The van der Waals surface area contributed by atoms with Crippen LogP contribution in [0.25, 0.3) is 0 Å². The van der Waals surface area contributed by atoms with Crippen molar-refractivity contribution in [2.75, 3.05) is 13.6 Å². The number of likely N-dealkylation sites (N-methyl/N-ethyl adjacent to an activating group) is 1. The first-order valence-electron chi connectivity index (χ1n) is 7.79. The Morgan fingerprint density at radius 2 is 1.96 bits per heavy atom. The number of carbonyl (C=O) groups excluding carboxylic acids is 2. The van der Waals surface area contributed by atoms with Gasteiger partial charge < -0.3 is 19.1 Å². The van der Waals surface area contributed by atoms with Crippen molar-refractivity contribution in [3.63, 3.8) is 0 Å². The van der Waals surface area contributed by atoms with Crippen LogP contribution in [0.3, 0.4) is 0 Å². The Labute approximate surface area is 142 Å². The van der Waals surface area contributed by atoms with E-state index < -0.39 is 17.7 Å². The number of pyridine rings is 1. The van der Waals surface area contributed by atoms with Gasteiger partial charge in [0, 0.05) is 13.2 Å². The summed E-state index contributed by atoms with van der Waals surface area (Å²) in [5.74, 6) is -0.108. The first-order chi connectivity index (χ1) is 11.1. The molecule has 24 heavy (non-hydrogen) atoms. The molecular formula is C17H26N2O5. The summed E-state index contributed by atoms with van der Waals surface area (Å²) in [5.41, 5.74) is 0.0492. The molecule has 0 saturated carbocycles. The lowest BCUT2D eigenvalue weighted by atomic mass is 10.2. The molecule has 7 heteroatoms. The number of carbonyl (C=O) groups is 2. The normalized spacial score (nSPS) is 11.1. The second-order valence-corrected chi connectivity index (χ2v) is 6.63. The molecule has 0 aromatic carbocycles. The third-order valence-corrected chi connectivity index (χ3v) is 2.66. The Hall–Kier alpha value is -2.31. The zero-order chi connectivity index (χ0) is 18.3. The maximum atomic E-state index is 11.9. The van der Waals surface area contributed by atoms with Crippen LogP contribution in [-0.2, 0) is 20.9 Å². The van der Waals surface area contributed by atoms with Crippen molar-refractivity contribution in [1.82, 2.24) is 9.88 Å². The number of esters is 1. The van der Waals surface area contributed by atoms with Crippen molar-refractivity contribution in [3.8, 4) is 5.88 Å². The second-order valence-electron chi connectivity index (χ2n) is 6.63. The number of amides is 1. The van der Waals surface area contributed by atoms with E-state index in [1.165, 1.54) is 11.9 Å². The highest BCUT2D eigenvalue weighted by molar-refractivity contribution is 5.78. The Bertz CT molecular complexity index is 566. The van der Waals surface area contributed by atoms with Crippen LogP contribution < -0.4 is 4.74 Å². The molecule has 0 atom stereocenters. The summed E-state index contributed by atoms with van der Waals surface area (Å²) < 4.78 is 15.9. The molecule has 0 bridgehead atoms. The van der Waals surface area contributed by atoms with Gasteiger partial charge in [0.15, 0.2) is 0 Å². The molecule has 1 aromatic heterocycles. The molecule has 1 aromatic rings. The summed E-state index contributed by atoms with van der Waals surface area (Å²) in [5, 5.41) is 0. The fourth-order valence-corrected chi connectivity index (χ4v) is 1.67. The predicted octanol–water partition coefficient (Wildman–Crippen LogP) is 2.78. The summed E-state index contributed by atoms with van der Waals surface area (Å²) in [7, 11) is 1.48. The molecule has 134 valence electrons. The van der Waals surface area contributed by atoms with E-state index in [-0.39, 0.29) is 19.3 Å². The number of hydrogen-bond donors (Lipinski definition) is 0. The molecule has 0 aliphatic rings. The van der Waals surface area contributed by atoms with Crippen molar-refractivity contribution in [2.24, 2.45) is 0 Å². The fraction of sp³-hybridized carbons (Fsp3) is 0.588. The topological polar surface area (TPSA) is 78.0 Å². The molecule has 1 amide bonds. The van der Waals surface area contributed by atoms with Crippen molar-refractivity contribution < 1.29 is 23.8 Å². The average Bonchev–Trinajstić information content (AvgIpc) is 2.44. The summed E-state index contributed by atoms with van der Waals surface area (Å²) >= 11 is 0. The van der Waals surface area contributed by atoms with Crippen molar-refractivity contribution in [1.29, 1.82) is 0 Å². The number of aromatic nitrogens is 1. The highest BCUT2D eigenvalue weighted by Gasteiger charge is 2.21. The molecule has 7 nitrogen and oxygen atoms in total. The van der Waals surface area contributed by atoms with E-state index in [1.807, 2.05) is 13.8 Å². The van der Waals surface area contributed by atoms with Crippen LogP contribution in [0.1, 0.15) is 40.2 Å². The first-order valence-corrected chi connectivity index (χ1v) is 7.79. The Kier molecular flexibility index (Phi) is 7.00. The molecule has 1 heterocycles. The lowest BCUT2D eigenvalue weighted by Crippen LogP contribution is -2.37. The minimum absolute atomic E-state index is 0.0247. The van der Waals surface area contributed by atoms with Crippen LogP contribution in [0.2, 0.25) is 0 Å². The van der Waals surface area contributed by atoms with Gasteiger partial charge >= 0.3 is 12.1 Å². The fourth-order valence-electron chi connectivity index (χ4n) is 1.67. The van der Waals surface area contributed by atoms with Gasteiger partial charge in [0.1, 0.15) is 18.8 Å². The van der Waals surface area contributed by atoms with Gasteiger partial charge in [-0.05, 0) is 46.8 Å². The van der Waals surface area contributed by atoms with Gasteiger partial charge in [0.2, 0.25) is 5.88 Å². The van der Waals surface area contributed by atoms with Gasteiger partial charge in [-0.1, -0.05) is 0 Å². The van der Waals surface area contributed by atoms with E-state index in [1.54, 1.807) is 39.1 Å². The Morgan fingerprint density at radius 3 is 2.54 bits per heavy atom. The van der Waals surface area contributed by atoms with E-state index in [2.05, 4.69) is 4.98 Å². The van der Waals surface area contributed by atoms with Gasteiger partial charge in [0.05, 0.1) is 11.7 Å². The van der Waals surface area contributed by atoms with Gasteiger partial charge in [-0.15, -0.1) is 0 Å². The number of ether oxygens (including phenoxy) is 3. The first kappa shape index (κ1) is 19.7. The Morgan fingerprint density at radius 1 is 1.29 bits per heavy atom. The van der Waals surface area contributed by atoms with Crippen LogP contribution in [0.5, 0.6) is 5.88 Å². The highest BCUT2D eigenvalue weighted by atomic mass is 16.6. The molecular weight excluding hydrogens is 312 g/mol. The molecule has 0 fully saturated rings. The zero-order valence-electron chi connectivity index (χ0n) is 15.2. The molecule has 0 unspecified atom stereocenters.